The molecule has 0 aliphatic heterocycles. The predicted octanol–water partition coefficient (Wildman–Crippen LogP) is 0.263. The van der Waals surface area contributed by atoms with Crippen molar-refractivity contribution in [1.82, 2.24) is 20.5 Å². The van der Waals surface area contributed by atoms with Crippen LogP contribution in [-0.2, 0) is 11.2 Å². The quantitative estimate of drug-likeness (QED) is 0.722. The van der Waals surface area contributed by atoms with Crippen LogP contribution in [0.15, 0.2) is 6.33 Å². The first-order valence-corrected chi connectivity index (χ1v) is 4.95. The van der Waals surface area contributed by atoms with Crippen molar-refractivity contribution in [3.05, 3.63) is 12.2 Å². The van der Waals surface area contributed by atoms with Gasteiger partial charge in [0.15, 0.2) is 0 Å². The summed E-state index contributed by atoms with van der Waals surface area (Å²) in [5.74, 6) is 1.35. The maximum atomic E-state index is 11.4. The Bertz CT molecular complexity index is 292. The molecule has 2 rings (SSSR count). The summed E-state index contributed by atoms with van der Waals surface area (Å²) in [7, 11) is 0. The van der Waals surface area contributed by atoms with Gasteiger partial charge in [0.25, 0.3) is 0 Å². The lowest BCUT2D eigenvalue weighted by molar-refractivity contribution is -0.120. The third-order valence-electron chi connectivity index (χ3n) is 2.61. The van der Waals surface area contributed by atoms with Gasteiger partial charge in [0, 0.05) is 6.54 Å². The van der Waals surface area contributed by atoms with Crippen molar-refractivity contribution in [2.45, 2.75) is 25.7 Å². The summed E-state index contributed by atoms with van der Waals surface area (Å²) in [6.07, 6.45) is 5.52. The molecular formula is C9H14N4O. The summed E-state index contributed by atoms with van der Waals surface area (Å²) in [6, 6.07) is 0. The molecule has 1 aliphatic rings. The highest BCUT2D eigenvalue weighted by Gasteiger charge is 2.17. The summed E-state index contributed by atoms with van der Waals surface area (Å²) in [4.78, 5) is 15.2. The molecule has 76 valence electrons. The van der Waals surface area contributed by atoms with E-state index in [1.807, 2.05) is 0 Å². The van der Waals surface area contributed by atoms with Gasteiger partial charge in [-0.15, -0.1) is 0 Å². The Labute approximate surface area is 82.3 Å². The van der Waals surface area contributed by atoms with Gasteiger partial charge in [-0.3, -0.25) is 9.89 Å². The minimum atomic E-state index is 0.0219. The lowest BCUT2D eigenvalue weighted by atomic mass is 9.85. The third kappa shape index (κ3) is 2.31. The molecule has 14 heavy (non-hydrogen) atoms. The van der Waals surface area contributed by atoms with Gasteiger partial charge in [-0.1, -0.05) is 6.42 Å². The molecule has 1 aliphatic carbocycles. The summed E-state index contributed by atoms with van der Waals surface area (Å²) < 4.78 is 0. The number of hydrogen-bond donors (Lipinski definition) is 2. The van der Waals surface area contributed by atoms with Crippen LogP contribution in [0.25, 0.3) is 0 Å². The summed E-state index contributed by atoms with van der Waals surface area (Å²) >= 11 is 0. The molecule has 5 nitrogen and oxygen atoms in total. The Morgan fingerprint density at radius 1 is 1.64 bits per heavy atom. The fourth-order valence-corrected chi connectivity index (χ4v) is 1.49. The van der Waals surface area contributed by atoms with Crippen molar-refractivity contribution in [3.8, 4) is 0 Å². The lowest BCUT2D eigenvalue weighted by Gasteiger charge is -2.25. The number of rotatable bonds is 4. The molecule has 0 atom stereocenters. The molecule has 0 aromatic carbocycles. The number of amides is 1. The topological polar surface area (TPSA) is 70.7 Å². The van der Waals surface area contributed by atoms with Gasteiger partial charge >= 0.3 is 0 Å². The molecule has 1 amide bonds. The van der Waals surface area contributed by atoms with Crippen LogP contribution in [0.5, 0.6) is 0 Å². The van der Waals surface area contributed by atoms with Crippen molar-refractivity contribution in [3.63, 3.8) is 0 Å². The Morgan fingerprint density at radius 2 is 2.50 bits per heavy atom. The SMILES string of the molecule is O=C(Cc1ncn[nH]1)NCC1CCC1. The smallest absolute Gasteiger partial charge is 0.227 e. The van der Waals surface area contributed by atoms with Crippen LogP contribution in [0.1, 0.15) is 25.1 Å². The number of aromatic nitrogens is 3. The maximum absolute atomic E-state index is 11.4. The third-order valence-corrected chi connectivity index (χ3v) is 2.61. The van der Waals surface area contributed by atoms with Crippen molar-refractivity contribution >= 4 is 5.91 Å². The molecule has 5 heteroatoms. The number of hydrogen-bond acceptors (Lipinski definition) is 3. The van der Waals surface area contributed by atoms with Crippen LogP contribution in [0.4, 0.5) is 0 Å². The van der Waals surface area contributed by atoms with Gasteiger partial charge in [-0.25, -0.2) is 4.98 Å². The van der Waals surface area contributed by atoms with E-state index in [4.69, 9.17) is 0 Å². The Morgan fingerprint density at radius 3 is 3.07 bits per heavy atom. The molecule has 1 aromatic rings. The average Bonchev–Trinajstić information content (AvgIpc) is 2.54. The largest absolute Gasteiger partial charge is 0.355 e. The highest BCUT2D eigenvalue weighted by Crippen LogP contribution is 2.24. The summed E-state index contributed by atoms with van der Waals surface area (Å²) in [5.41, 5.74) is 0. The molecule has 0 radical (unpaired) electrons. The van der Waals surface area contributed by atoms with Gasteiger partial charge in [-0.05, 0) is 18.8 Å². The van der Waals surface area contributed by atoms with Crippen molar-refractivity contribution in [1.29, 1.82) is 0 Å². The maximum Gasteiger partial charge on any atom is 0.227 e. The number of H-pyrrole nitrogens is 1. The molecule has 0 saturated heterocycles. The number of carbonyl (C=O) groups is 1. The lowest BCUT2D eigenvalue weighted by Crippen LogP contribution is -2.33. The van der Waals surface area contributed by atoms with Crippen molar-refractivity contribution in [2.75, 3.05) is 6.54 Å². The number of aromatic amines is 1. The molecule has 0 unspecified atom stereocenters. The average molecular weight is 194 g/mol. The van der Waals surface area contributed by atoms with E-state index in [2.05, 4.69) is 20.5 Å². The van der Waals surface area contributed by atoms with Crippen LogP contribution in [0.3, 0.4) is 0 Å². The molecule has 0 spiro atoms. The zero-order chi connectivity index (χ0) is 9.80. The van der Waals surface area contributed by atoms with E-state index >= 15 is 0 Å². The van der Waals surface area contributed by atoms with Gasteiger partial charge in [0.1, 0.15) is 12.2 Å². The Balaban J connectivity index is 1.68. The summed E-state index contributed by atoms with van der Waals surface area (Å²) in [5, 5.41) is 9.24. The van der Waals surface area contributed by atoms with Crippen LogP contribution < -0.4 is 5.32 Å². The highest BCUT2D eigenvalue weighted by atomic mass is 16.1. The minimum absolute atomic E-state index is 0.0219. The first-order chi connectivity index (χ1) is 6.84. The van der Waals surface area contributed by atoms with Crippen LogP contribution in [0, 0.1) is 5.92 Å². The number of nitrogens with one attached hydrogen (secondary N) is 2. The first-order valence-electron chi connectivity index (χ1n) is 4.95. The molecule has 2 N–H and O–H groups in total. The monoisotopic (exact) mass is 194 g/mol. The molecule has 1 saturated carbocycles. The van der Waals surface area contributed by atoms with E-state index in [9.17, 15) is 4.79 Å². The standard InChI is InChI=1S/C9H14N4O/c14-9(4-8-11-6-12-13-8)10-5-7-2-1-3-7/h6-7H,1-5H2,(H,10,14)(H,11,12,13). The van der Waals surface area contributed by atoms with Crippen molar-refractivity contribution < 1.29 is 4.79 Å². The minimum Gasteiger partial charge on any atom is -0.355 e. The Kier molecular flexibility index (Phi) is 2.76. The fraction of sp³-hybridized carbons (Fsp3) is 0.667. The van der Waals surface area contributed by atoms with E-state index < -0.39 is 0 Å². The second-order valence-corrected chi connectivity index (χ2v) is 3.71. The van der Waals surface area contributed by atoms with Gasteiger partial charge in [0.05, 0.1) is 6.42 Å². The van der Waals surface area contributed by atoms with Gasteiger partial charge < -0.3 is 5.32 Å². The highest BCUT2D eigenvalue weighted by molar-refractivity contribution is 5.77. The number of nitrogens with zero attached hydrogens (tertiary/aromatic N) is 2. The van der Waals surface area contributed by atoms with E-state index in [1.165, 1.54) is 25.6 Å². The molecule has 1 fully saturated rings. The van der Waals surface area contributed by atoms with Crippen LogP contribution in [-0.4, -0.2) is 27.6 Å². The molecule has 1 heterocycles. The van der Waals surface area contributed by atoms with Crippen LogP contribution >= 0.6 is 0 Å². The zero-order valence-electron chi connectivity index (χ0n) is 7.99. The second-order valence-electron chi connectivity index (χ2n) is 3.71. The molecule has 1 aromatic heterocycles. The van der Waals surface area contributed by atoms with E-state index in [0.717, 1.165) is 6.54 Å². The molecular weight excluding hydrogens is 180 g/mol. The first kappa shape index (κ1) is 9.18. The number of carbonyl (C=O) groups excluding carboxylic acids is 1. The predicted molar refractivity (Wildman–Crippen MR) is 50.4 cm³/mol. The summed E-state index contributed by atoms with van der Waals surface area (Å²) in [6.45, 7) is 0.812. The van der Waals surface area contributed by atoms with E-state index in [-0.39, 0.29) is 5.91 Å². The normalized spacial score (nSPS) is 16.3. The Hall–Kier alpha value is -1.39. The van der Waals surface area contributed by atoms with Crippen LogP contribution in [0.2, 0.25) is 0 Å². The van der Waals surface area contributed by atoms with Gasteiger partial charge in [-0.2, -0.15) is 5.10 Å². The fourth-order valence-electron chi connectivity index (χ4n) is 1.49. The second kappa shape index (κ2) is 4.21. The van der Waals surface area contributed by atoms with E-state index in [1.54, 1.807) is 0 Å². The van der Waals surface area contributed by atoms with Gasteiger partial charge in [0.2, 0.25) is 5.91 Å². The van der Waals surface area contributed by atoms with E-state index in [0.29, 0.717) is 18.2 Å². The van der Waals surface area contributed by atoms with Crippen molar-refractivity contribution in [2.24, 2.45) is 5.92 Å². The zero-order valence-corrected chi connectivity index (χ0v) is 7.99. The molecule has 0 bridgehead atoms.